The third-order valence-corrected chi connectivity index (χ3v) is 6.46. The first-order chi connectivity index (χ1) is 13.8. The van der Waals surface area contributed by atoms with Gasteiger partial charge >= 0.3 is 6.18 Å². The van der Waals surface area contributed by atoms with Crippen LogP contribution in [0.5, 0.6) is 0 Å². The minimum absolute atomic E-state index is 0.167. The Morgan fingerprint density at radius 2 is 1.69 bits per heavy atom. The van der Waals surface area contributed by atoms with Crippen molar-refractivity contribution in [2.75, 3.05) is 39.3 Å². The summed E-state index contributed by atoms with van der Waals surface area (Å²) in [7, 11) is 0. The second kappa shape index (κ2) is 9.77. The molecule has 0 amide bonds. The number of benzene rings is 1. The van der Waals surface area contributed by atoms with E-state index in [1.165, 1.54) is 25.0 Å². The van der Waals surface area contributed by atoms with E-state index in [0.717, 1.165) is 44.7 Å². The summed E-state index contributed by atoms with van der Waals surface area (Å²) >= 11 is 0. The molecular formula is C22H34F3N3O. The summed E-state index contributed by atoms with van der Waals surface area (Å²) in [6.07, 6.45) is -1.21. The Morgan fingerprint density at radius 3 is 2.24 bits per heavy atom. The van der Waals surface area contributed by atoms with Crippen molar-refractivity contribution in [1.29, 1.82) is 0 Å². The molecule has 1 atom stereocenters. The molecule has 29 heavy (non-hydrogen) atoms. The number of hydrogen-bond acceptors (Lipinski definition) is 4. The molecule has 1 aromatic carbocycles. The molecule has 164 valence electrons. The first-order valence-electron chi connectivity index (χ1n) is 10.8. The number of aliphatic hydroxyl groups excluding tert-OH is 1. The van der Waals surface area contributed by atoms with E-state index >= 15 is 0 Å². The Labute approximate surface area is 172 Å². The molecule has 7 heteroatoms. The maximum absolute atomic E-state index is 12.8. The van der Waals surface area contributed by atoms with Gasteiger partial charge in [-0.2, -0.15) is 13.2 Å². The van der Waals surface area contributed by atoms with Crippen LogP contribution in [0.3, 0.4) is 0 Å². The van der Waals surface area contributed by atoms with E-state index in [2.05, 4.69) is 28.5 Å². The summed E-state index contributed by atoms with van der Waals surface area (Å²) in [6.45, 7) is 10.3. The predicted molar refractivity (Wildman–Crippen MR) is 109 cm³/mol. The van der Waals surface area contributed by atoms with Gasteiger partial charge in [-0.1, -0.05) is 12.1 Å². The Bertz CT molecular complexity index is 627. The maximum Gasteiger partial charge on any atom is 0.416 e. The van der Waals surface area contributed by atoms with Crippen LogP contribution < -0.4 is 0 Å². The van der Waals surface area contributed by atoms with Crippen LogP contribution in [0.1, 0.15) is 44.2 Å². The van der Waals surface area contributed by atoms with Crippen molar-refractivity contribution in [3.05, 3.63) is 35.4 Å². The number of alkyl halides is 3. The molecule has 2 aliphatic rings. The molecule has 0 aliphatic carbocycles. The molecule has 1 N–H and O–H groups in total. The molecule has 0 aromatic heterocycles. The van der Waals surface area contributed by atoms with Gasteiger partial charge in [0, 0.05) is 50.9 Å². The molecule has 0 saturated carbocycles. The first-order valence-corrected chi connectivity index (χ1v) is 10.8. The van der Waals surface area contributed by atoms with Gasteiger partial charge in [0.2, 0.25) is 0 Å². The molecular weight excluding hydrogens is 379 g/mol. The molecule has 2 saturated heterocycles. The number of rotatable bonds is 6. The zero-order valence-electron chi connectivity index (χ0n) is 17.5. The van der Waals surface area contributed by atoms with E-state index in [1.54, 1.807) is 12.1 Å². The van der Waals surface area contributed by atoms with E-state index in [1.807, 2.05) is 0 Å². The first kappa shape index (κ1) is 22.5. The van der Waals surface area contributed by atoms with Gasteiger partial charge in [-0.3, -0.25) is 9.80 Å². The second-order valence-corrected chi connectivity index (χ2v) is 8.69. The van der Waals surface area contributed by atoms with Gasteiger partial charge in [0.15, 0.2) is 0 Å². The summed E-state index contributed by atoms with van der Waals surface area (Å²) in [5.41, 5.74) is 0.302. The highest BCUT2D eigenvalue weighted by molar-refractivity contribution is 5.24. The van der Waals surface area contributed by atoms with Crippen LogP contribution in [0.2, 0.25) is 0 Å². The van der Waals surface area contributed by atoms with Crippen molar-refractivity contribution in [2.24, 2.45) is 0 Å². The van der Waals surface area contributed by atoms with Gasteiger partial charge < -0.3 is 10.0 Å². The number of piperazine rings is 1. The van der Waals surface area contributed by atoms with Crippen LogP contribution in [0.15, 0.2) is 24.3 Å². The van der Waals surface area contributed by atoms with E-state index in [9.17, 15) is 18.3 Å². The fourth-order valence-corrected chi connectivity index (χ4v) is 4.76. The SMILES string of the molecule is CC(C)N1CCC(N2CCN(Cc3ccc(C(F)(F)F)cc3)CC2CCO)CC1. The average molecular weight is 414 g/mol. The lowest BCUT2D eigenvalue weighted by Gasteiger charge is -2.48. The lowest BCUT2D eigenvalue weighted by atomic mass is 9.97. The maximum atomic E-state index is 12.8. The van der Waals surface area contributed by atoms with Crippen molar-refractivity contribution in [3.8, 4) is 0 Å². The standard InChI is InChI=1S/C22H34F3N3O/c1-17(2)27-10-7-20(8-11-27)28-13-12-26(16-21(28)9-14-29)15-18-3-5-19(6-4-18)22(23,24)25/h3-6,17,20-21,29H,7-16H2,1-2H3. The highest BCUT2D eigenvalue weighted by atomic mass is 19.4. The lowest BCUT2D eigenvalue weighted by Crippen LogP contribution is -2.58. The number of aliphatic hydroxyl groups is 1. The highest BCUT2D eigenvalue weighted by Gasteiger charge is 2.34. The van der Waals surface area contributed by atoms with Crippen LogP contribution >= 0.6 is 0 Å². The minimum atomic E-state index is -4.29. The van der Waals surface area contributed by atoms with Crippen LogP contribution in [-0.2, 0) is 12.7 Å². The van der Waals surface area contributed by atoms with Gasteiger partial charge in [0.1, 0.15) is 0 Å². The van der Waals surface area contributed by atoms with Crippen molar-refractivity contribution in [2.45, 2.75) is 64.0 Å². The van der Waals surface area contributed by atoms with Gasteiger partial charge in [-0.15, -0.1) is 0 Å². The summed E-state index contributed by atoms with van der Waals surface area (Å²) in [5, 5.41) is 9.57. The molecule has 2 fully saturated rings. The van der Waals surface area contributed by atoms with Crippen LogP contribution in [0.25, 0.3) is 0 Å². The minimum Gasteiger partial charge on any atom is -0.396 e. The molecule has 0 bridgehead atoms. The predicted octanol–water partition coefficient (Wildman–Crippen LogP) is 3.45. The largest absolute Gasteiger partial charge is 0.416 e. The quantitative estimate of drug-likeness (QED) is 0.774. The zero-order chi connectivity index (χ0) is 21.0. The van der Waals surface area contributed by atoms with Gasteiger partial charge in [-0.05, 0) is 63.9 Å². The zero-order valence-corrected chi connectivity index (χ0v) is 17.5. The van der Waals surface area contributed by atoms with Crippen molar-refractivity contribution < 1.29 is 18.3 Å². The lowest BCUT2D eigenvalue weighted by molar-refractivity contribution is -0.137. The highest BCUT2D eigenvalue weighted by Crippen LogP contribution is 2.30. The van der Waals surface area contributed by atoms with Crippen LogP contribution in [0, 0.1) is 0 Å². The Kier molecular flexibility index (Phi) is 7.59. The van der Waals surface area contributed by atoms with Crippen LogP contribution in [0.4, 0.5) is 13.2 Å². The third-order valence-electron chi connectivity index (χ3n) is 6.46. The van der Waals surface area contributed by atoms with Crippen LogP contribution in [-0.4, -0.2) is 77.3 Å². The molecule has 4 nitrogen and oxygen atoms in total. The number of piperidine rings is 1. The summed E-state index contributed by atoms with van der Waals surface area (Å²) in [6, 6.07) is 6.95. The number of halogens is 3. The normalized spacial score (nSPS) is 23.8. The second-order valence-electron chi connectivity index (χ2n) is 8.69. The third kappa shape index (κ3) is 5.94. The number of hydrogen-bond donors (Lipinski definition) is 1. The Balaban J connectivity index is 1.57. The molecule has 0 radical (unpaired) electrons. The summed E-state index contributed by atoms with van der Waals surface area (Å²) < 4.78 is 38.3. The van der Waals surface area contributed by atoms with E-state index in [-0.39, 0.29) is 6.61 Å². The summed E-state index contributed by atoms with van der Waals surface area (Å²) in [5.74, 6) is 0. The molecule has 0 spiro atoms. The van der Waals surface area contributed by atoms with Gasteiger partial charge in [-0.25, -0.2) is 0 Å². The van der Waals surface area contributed by atoms with E-state index in [4.69, 9.17) is 0 Å². The van der Waals surface area contributed by atoms with Crippen molar-refractivity contribution in [1.82, 2.24) is 14.7 Å². The Hall–Kier alpha value is -1.15. The van der Waals surface area contributed by atoms with Crippen molar-refractivity contribution >= 4 is 0 Å². The number of nitrogens with zero attached hydrogens (tertiary/aromatic N) is 3. The van der Waals surface area contributed by atoms with Crippen molar-refractivity contribution in [3.63, 3.8) is 0 Å². The molecule has 2 heterocycles. The smallest absolute Gasteiger partial charge is 0.396 e. The topological polar surface area (TPSA) is 30.0 Å². The van der Waals surface area contributed by atoms with Gasteiger partial charge in [0.25, 0.3) is 0 Å². The molecule has 1 unspecified atom stereocenters. The molecule has 2 aliphatic heterocycles. The monoisotopic (exact) mass is 413 g/mol. The Morgan fingerprint density at radius 1 is 1.03 bits per heavy atom. The van der Waals surface area contributed by atoms with E-state index in [0.29, 0.717) is 24.7 Å². The molecule has 1 aromatic rings. The average Bonchev–Trinajstić information content (AvgIpc) is 2.68. The van der Waals surface area contributed by atoms with Gasteiger partial charge in [0.05, 0.1) is 5.56 Å². The fourth-order valence-electron chi connectivity index (χ4n) is 4.76. The molecule has 3 rings (SSSR count). The van der Waals surface area contributed by atoms with E-state index < -0.39 is 11.7 Å². The number of likely N-dealkylation sites (tertiary alicyclic amines) is 1. The fraction of sp³-hybridized carbons (Fsp3) is 0.727. The summed E-state index contributed by atoms with van der Waals surface area (Å²) in [4.78, 5) is 7.41.